The van der Waals surface area contributed by atoms with Crippen LogP contribution in [-0.4, -0.2) is 46.0 Å². The number of piperidine rings is 1. The van der Waals surface area contributed by atoms with Gasteiger partial charge in [0.05, 0.1) is 11.5 Å². The van der Waals surface area contributed by atoms with Crippen molar-refractivity contribution in [2.24, 2.45) is 17.8 Å². The van der Waals surface area contributed by atoms with Crippen molar-refractivity contribution in [1.29, 1.82) is 0 Å². The van der Waals surface area contributed by atoms with E-state index in [1.54, 1.807) is 11.8 Å². The third-order valence-corrected chi connectivity index (χ3v) is 7.19. The summed E-state index contributed by atoms with van der Waals surface area (Å²) in [6, 6.07) is 3.70. The minimum Gasteiger partial charge on any atom is -0.481 e. The fourth-order valence-electron chi connectivity index (χ4n) is 4.43. The smallest absolute Gasteiger partial charge is 0.341 e. The number of aliphatic carboxylic acids is 1. The Hall–Kier alpha value is -1.76. The predicted octanol–water partition coefficient (Wildman–Crippen LogP) is 3.84. The maximum Gasteiger partial charge on any atom is 0.341 e. The third kappa shape index (κ3) is 4.00. The topological polar surface area (TPSA) is 79.7 Å². The van der Waals surface area contributed by atoms with Gasteiger partial charge in [-0.05, 0) is 57.6 Å². The average molecular weight is 405 g/mol. The molecule has 152 valence electrons. The number of esters is 1. The molecule has 1 N–H and O–H groups in total. The summed E-state index contributed by atoms with van der Waals surface area (Å²) in [6.07, 6.45) is 4.76. The molecule has 3 aliphatic rings. The van der Waals surface area contributed by atoms with E-state index < -0.39 is 11.6 Å². The highest BCUT2D eigenvalue weighted by Crippen LogP contribution is 2.52. The minimum absolute atomic E-state index is 0.190. The molecule has 1 aromatic heterocycles. The summed E-state index contributed by atoms with van der Waals surface area (Å²) in [5.41, 5.74) is -0.0176. The number of hydrogen-bond acceptors (Lipinski definition) is 6. The number of ether oxygens (including phenoxy) is 1. The number of carbonyl (C=O) groups excluding carboxylic acids is 1. The summed E-state index contributed by atoms with van der Waals surface area (Å²) in [5.74, 6) is 0.0999. The zero-order valence-corrected chi connectivity index (χ0v) is 17.5. The lowest BCUT2D eigenvalue weighted by Crippen LogP contribution is -2.27. The Morgan fingerprint density at radius 1 is 1.18 bits per heavy atom. The van der Waals surface area contributed by atoms with Gasteiger partial charge in [-0.1, -0.05) is 12.8 Å². The lowest BCUT2D eigenvalue weighted by Gasteiger charge is -2.23. The Balaban J connectivity index is 1.54. The van der Waals surface area contributed by atoms with Gasteiger partial charge in [0.2, 0.25) is 0 Å². The summed E-state index contributed by atoms with van der Waals surface area (Å²) in [5, 5.41) is 10.5. The second-order valence-corrected chi connectivity index (χ2v) is 10.4. The van der Waals surface area contributed by atoms with E-state index in [9.17, 15) is 14.7 Å². The molecule has 7 heteroatoms. The molecule has 3 fully saturated rings. The van der Waals surface area contributed by atoms with Gasteiger partial charge in [-0.25, -0.2) is 9.78 Å². The molecule has 1 saturated heterocycles. The van der Waals surface area contributed by atoms with Crippen LogP contribution in [0.1, 0.15) is 56.8 Å². The van der Waals surface area contributed by atoms with Gasteiger partial charge in [0.25, 0.3) is 0 Å². The largest absolute Gasteiger partial charge is 0.481 e. The van der Waals surface area contributed by atoms with Crippen molar-refractivity contribution in [2.75, 3.05) is 18.0 Å². The lowest BCUT2D eigenvalue weighted by molar-refractivity contribution is -0.139. The quantitative estimate of drug-likeness (QED) is 0.747. The number of anilines is 1. The predicted molar refractivity (Wildman–Crippen MR) is 108 cm³/mol. The van der Waals surface area contributed by atoms with Gasteiger partial charge in [-0.3, -0.25) is 4.79 Å². The maximum atomic E-state index is 12.7. The van der Waals surface area contributed by atoms with Crippen LogP contribution in [0.4, 0.5) is 5.82 Å². The lowest BCUT2D eigenvalue weighted by atomic mass is 10.2. The maximum absolute atomic E-state index is 12.7. The molecule has 2 saturated carbocycles. The highest BCUT2D eigenvalue weighted by molar-refractivity contribution is 7.99. The first kappa shape index (κ1) is 19.6. The zero-order valence-electron chi connectivity index (χ0n) is 16.7. The molecule has 3 atom stereocenters. The Labute approximate surface area is 170 Å². The van der Waals surface area contributed by atoms with Crippen molar-refractivity contribution < 1.29 is 19.4 Å². The standard InChI is InChI=1S/C21H28N2O4S/c1-21(2,3)27-20(26)13-8-9-16(22-18(13)28-12-6-4-5-7-12)23-10-14-15(11-23)17(14)19(24)25/h8-9,12,14-15,17H,4-7,10-11H2,1-3H3,(H,24,25)/t14-,15+,17+. The number of aromatic nitrogens is 1. The molecule has 4 rings (SSSR count). The van der Waals surface area contributed by atoms with Gasteiger partial charge in [0, 0.05) is 18.3 Å². The molecule has 1 aliphatic heterocycles. The van der Waals surface area contributed by atoms with Gasteiger partial charge in [-0.15, -0.1) is 11.8 Å². The third-order valence-electron chi connectivity index (χ3n) is 5.85. The van der Waals surface area contributed by atoms with Crippen molar-refractivity contribution in [2.45, 2.75) is 62.3 Å². The Bertz CT molecular complexity index is 773. The van der Waals surface area contributed by atoms with Crippen LogP contribution in [-0.2, 0) is 9.53 Å². The van der Waals surface area contributed by atoms with E-state index in [-0.39, 0.29) is 23.7 Å². The van der Waals surface area contributed by atoms with E-state index in [0.29, 0.717) is 10.8 Å². The van der Waals surface area contributed by atoms with Crippen LogP contribution in [0, 0.1) is 17.8 Å². The average Bonchev–Trinajstić information content (AvgIpc) is 2.97. The zero-order chi connectivity index (χ0) is 20.1. The Morgan fingerprint density at radius 2 is 1.82 bits per heavy atom. The van der Waals surface area contributed by atoms with E-state index in [2.05, 4.69) is 4.90 Å². The first-order chi connectivity index (χ1) is 13.2. The molecule has 0 spiro atoms. The fourth-order valence-corrected chi connectivity index (χ4v) is 5.74. The molecule has 6 nitrogen and oxygen atoms in total. The van der Waals surface area contributed by atoms with Gasteiger partial charge in [-0.2, -0.15) is 0 Å². The number of nitrogens with zero attached hydrogens (tertiary/aromatic N) is 2. The van der Waals surface area contributed by atoms with Crippen LogP contribution < -0.4 is 4.90 Å². The first-order valence-corrected chi connectivity index (χ1v) is 11.0. The van der Waals surface area contributed by atoms with Crippen LogP contribution in [0.15, 0.2) is 17.2 Å². The second-order valence-electron chi connectivity index (χ2n) is 9.15. The second kappa shape index (κ2) is 7.25. The number of carbonyl (C=O) groups is 2. The minimum atomic E-state index is -0.680. The molecular weight excluding hydrogens is 376 g/mol. The fraction of sp³-hybridized carbons (Fsp3) is 0.667. The van der Waals surface area contributed by atoms with Crippen molar-refractivity contribution >= 4 is 29.5 Å². The number of fused-ring (bicyclic) bond motifs is 1. The number of rotatable bonds is 5. The molecule has 28 heavy (non-hydrogen) atoms. The highest BCUT2D eigenvalue weighted by Gasteiger charge is 2.60. The van der Waals surface area contributed by atoms with Crippen LogP contribution >= 0.6 is 11.8 Å². The molecule has 0 radical (unpaired) electrons. The molecule has 1 aromatic rings. The summed E-state index contributed by atoms with van der Waals surface area (Å²) in [6.45, 7) is 7.06. The summed E-state index contributed by atoms with van der Waals surface area (Å²) in [7, 11) is 0. The van der Waals surface area contributed by atoms with Crippen LogP contribution in [0.3, 0.4) is 0 Å². The normalized spacial score (nSPS) is 27.0. The van der Waals surface area contributed by atoms with Gasteiger partial charge in [0.1, 0.15) is 16.4 Å². The molecule has 2 heterocycles. The van der Waals surface area contributed by atoms with Gasteiger partial charge >= 0.3 is 11.9 Å². The highest BCUT2D eigenvalue weighted by atomic mass is 32.2. The van der Waals surface area contributed by atoms with Crippen molar-refractivity contribution in [3.8, 4) is 0 Å². The monoisotopic (exact) mass is 404 g/mol. The number of carboxylic acid groups (broad SMARTS) is 1. The first-order valence-electron chi connectivity index (χ1n) is 10.1. The molecule has 0 amide bonds. The molecule has 0 unspecified atom stereocenters. The molecule has 0 bridgehead atoms. The van der Waals surface area contributed by atoms with Crippen molar-refractivity contribution in [3.63, 3.8) is 0 Å². The Kier molecular flexibility index (Phi) is 5.06. The summed E-state index contributed by atoms with van der Waals surface area (Å²) in [4.78, 5) is 30.9. The number of pyridine rings is 1. The molecule has 2 aliphatic carbocycles. The summed E-state index contributed by atoms with van der Waals surface area (Å²) >= 11 is 1.69. The van der Waals surface area contributed by atoms with Crippen LogP contribution in [0.5, 0.6) is 0 Å². The van der Waals surface area contributed by atoms with Gasteiger partial charge < -0.3 is 14.7 Å². The van der Waals surface area contributed by atoms with E-state index in [4.69, 9.17) is 9.72 Å². The van der Waals surface area contributed by atoms with Gasteiger partial charge in [0.15, 0.2) is 0 Å². The number of hydrogen-bond donors (Lipinski definition) is 1. The number of thioether (sulfide) groups is 1. The van der Waals surface area contributed by atoms with E-state index in [1.165, 1.54) is 12.8 Å². The van der Waals surface area contributed by atoms with Crippen molar-refractivity contribution in [1.82, 2.24) is 4.98 Å². The van der Waals surface area contributed by atoms with E-state index >= 15 is 0 Å². The van der Waals surface area contributed by atoms with E-state index in [1.807, 2.05) is 32.9 Å². The molecule has 0 aromatic carbocycles. The molecular formula is C21H28N2O4S. The van der Waals surface area contributed by atoms with E-state index in [0.717, 1.165) is 36.8 Å². The SMILES string of the molecule is CC(C)(C)OC(=O)c1ccc(N2C[C@@H]3[C@H](C2)[C@H]3C(=O)O)nc1SC1CCCC1. The number of carboxylic acids is 1. The van der Waals surface area contributed by atoms with Crippen molar-refractivity contribution in [3.05, 3.63) is 17.7 Å². The summed E-state index contributed by atoms with van der Waals surface area (Å²) < 4.78 is 5.59. The Morgan fingerprint density at radius 3 is 2.39 bits per heavy atom. The van der Waals surface area contributed by atoms with Crippen LogP contribution in [0.25, 0.3) is 0 Å². The van der Waals surface area contributed by atoms with Crippen LogP contribution in [0.2, 0.25) is 0 Å².